The van der Waals surface area contributed by atoms with Crippen molar-refractivity contribution in [1.29, 1.82) is 0 Å². The van der Waals surface area contributed by atoms with E-state index in [1.807, 2.05) is 42.5 Å². The number of carbonyl (C=O) groups excluding carboxylic acids is 1. The number of hydrogen-bond acceptors (Lipinski definition) is 4. The summed E-state index contributed by atoms with van der Waals surface area (Å²) in [5.74, 6) is 1.66. The molecule has 2 heterocycles. The fourth-order valence-electron chi connectivity index (χ4n) is 3.42. The molecule has 1 aliphatic rings. The Bertz CT molecular complexity index is 963. The summed E-state index contributed by atoms with van der Waals surface area (Å²) < 4.78 is 10.9. The topological polar surface area (TPSA) is 47.6 Å². The third-order valence-electron chi connectivity index (χ3n) is 4.68. The molecule has 0 fully saturated rings. The summed E-state index contributed by atoms with van der Waals surface area (Å²) in [7, 11) is 3.32. The van der Waals surface area contributed by atoms with Gasteiger partial charge in [-0.15, -0.1) is 11.3 Å². The third-order valence-corrected chi connectivity index (χ3v) is 5.78. The number of carbonyl (C=O) groups is 1. The maximum absolute atomic E-state index is 12.4. The van der Waals surface area contributed by atoms with Crippen LogP contribution in [0.2, 0.25) is 0 Å². The smallest absolute Gasteiger partial charge is 0.225 e. The minimum atomic E-state index is 0.0277. The van der Waals surface area contributed by atoms with E-state index in [2.05, 4.69) is 16.8 Å². The van der Waals surface area contributed by atoms with Crippen LogP contribution in [0.15, 0.2) is 53.9 Å². The van der Waals surface area contributed by atoms with Crippen LogP contribution in [0.3, 0.4) is 0 Å². The number of hydrogen-bond donors (Lipinski definition) is 1. The first-order valence-electron chi connectivity index (χ1n) is 8.40. The summed E-state index contributed by atoms with van der Waals surface area (Å²) in [5.41, 5.74) is 3.97. The Hall–Kier alpha value is -2.79. The number of fused-ring (bicyclic) bond motifs is 1. The lowest BCUT2D eigenvalue weighted by Crippen LogP contribution is -2.22. The van der Waals surface area contributed by atoms with Crippen LogP contribution in [0.4, 0.5) is 5.69 Å². The first-order valence-corrected chi connectivity index (χ1v) is 9.27. The van der Waals surface area contributed by atoms with E-state index >= 15 is 0 Å². The maximum atomic E-state index is 12.4. The van der Waals surface area contributed by atoms with E-state index in [0.717, 1.165) is 33.9 Å². The molecule has 1 unspecified atom stereocenters. The number of methoxy groups -OCH3 is 2. The number of ether oxygens (including phenoxy) is 2. The van der Waals surface area contributed by atoms with Crippen molar-refractivity contribution >= 4 is 22.9 Å². The first-order chi connectivity index (χ1) is 12.7. The Morgan fingerprint density at radius 1 is 1.04 bits per heavy atom. The number of nitrogens with one attached hydrogen (secondary N) is 1. The van der Waals surface area contributed by atoms with Crippen molar-refractivity contribution < 1.29 is 14.3 Å². The zero-order valence-electron chi connectivity index (χ0n) is 14.6. The largest absolute Gasteiger partial charge is 0.497 e. The highest BCUT2D eigenvalue weighted by molar-refractivity contribution is 7.11. The highest BCUT2D eigenvalue weighted by Gasteiger charge is 2.31. The molecule has 1 aliphatic heterocycles. The molecule has 3 aromatic rings. The van der Waals surface area contributed by atoms with Crippen LogP contribution in [0.1, 0.15) is 22.8 Å². The van der Waals surface area contributed by atoms with E-state index in [1.165, 1.54) is 4.88 Å². The molecule has 1 amide bonds. The summed E-state index contributed by atoms with van der Waals surface area (Å²) in [4.78, 5) is 13.6. The van der Waals surface area contributed by atoms with Crippen LogP contribution < -0.4 is 14.8 Å². The lowest BCUT2D eigenvalue weighted by atomic mass is 9.89. The van der Waals surface area contributed by atoms with E-state index in [1.54, 1.807) is 25.6 Å². The Morgan fingerprint density at radius 3 is 2.69 bits per heavy atom. The quantitative estimate of drug-likeness (QED) is 0.715. The molecule has 0 spiro atoms. The first kappa shape index (κ1) is 16.7. The van der Waals surface area contributed by atoms with Crippen LogP contribution in [0.25, 0.3) is 11.1 Å². The number of para-hydroxylation sites is 1. The molecule has 0 saturated heterocycles. The molecule has 2 aromatic carbocycles. The Labute approximate surface area is 156 Å². The van der Waals surface area contributed by atoms with Gasteiger partial charge in [-0.05, 0) is 23.8 Å². The zero-order valence-corrected chi connectivity index (χ0v) is 15.4. The minimum absolute atomic E-state index is 0.0277. The van der Waals surface area contributed by atoms with Gasteiger partial charge in [0.05, 0.1) is 19.9 Å². The highest BCUT2D eigenvalue weighted by atomic mass is 32.1. The predicted molar refractivity (Wildman–Crippen MR) is 104 cm³/mol. The molecule has 0 aliphatic carbocycles. The van der Waals surface area contributed by atoms with Crippen LogP contribution >= 0.6 is 11.3 Å². The molecule has 0 bridgehead atoms. The van der Waals surface area contributed by atoms with Gasteiger partial charge in [0.1, 0.15) is 11.5 Å². The van der Waals surface area contributed by atoms with Gasteiger partial charge in [-0.2, -0.15) is 0 Å². The number of anilines is 1. The second-order valence-corrected chi connectivity index (χ2v) is 7.08. The van der Waals surface area contributed by atoms with Gasteiger partial charge >= 0.3 is 0 Å². The van der Waals surface area contributed by atoms with Gasteiger partial charge in [-0.3, -0.25) is 4.79 Å². The van der Waals surface area contributed by atoms with Gasteiger partial charge in [-0.25, -0.2) is 0 Å². The van der Waals surface area contributed by atoms with Gasteiger partial charge in [0, 0.05) is 33.7 Å². The van der Waals surface area contributed by atoms with Crippen molar-refractivity contribution in [1.82, 2.24) is 0 Å². The lowest BCUT2D eigenvalue weighted by molar-refractivity contribution is -0.116. The van der Waals surface area contributed by atoms with E-state index in [4.69, 9.17) is 9.47 Å². The summed E-state index contributed by atoms with van der Waals surface area (Å²) >= 11 is 1.67. The summed E-state index contributed by atoms with van der Waals surface area (Å²) in [6.45, 7) is 0. The maximum Gasteiger partial charge on any atom is 0.225 e. The van der Waals surface area contributed by atoms with Crippen LogP contribution in [-0.4, -0.2) is 20.1 Å². The van der Waals surface area contributed by atoms with Gasteiger partial charge < -0.3 is 14.8 Å². The normalized spacial score (nSPS) is 15.9. The van der Waals surface area contributed by atoms with Crippen molar-refractivity contribution in [2.75, 3.05) is 19.5 Å². The van der Waals surface area contributed by atoms with E-state index in [-0.39, 0.29) is 11.8 Å². The molecule has 0 radical (unpaired) electrons. The molecular formula is C21H19NO3S. The fraction of sp³-hybridized carbons (Fsp3) is 0.190. The summed E-state index contributed by atoms with van der Waals surface area (Å²) in [6, 6.07) is 15.8. The fourth-order valence-corrected chi connectivity index (χ4v) is 4.57. The monoisotopic (exact) mass is 365 g/mol. The number of rotatable bonds is 4. The molecule has 0 saturated carbocycles. The zero-order chi connectivity index (χ0) is 18.1. The molecule has 132 valence electrons. The second kappa shape index (κ2) is 6.84. The third kappa shape index (κ3) is 2.84. The average Bonchev–Trinajstić information content (AvgIpc) is 3.10. The summed E-state index contributed by atoms with van der Waals surface area (Å²) in [5, 5.41) is 5.17. The molecule has 4 rings (SSSR count). The molecule has 5 heteroatoms. The Morgan fingerprint density at radius 2 is 1.88 bits per heavy atom. The van der Waals surface area contributed by atoms with E-state index in [9.17, 15) is 4.79 Å². The Balaban J connectivity index is 1.83. The number of benzene rings is 2. The molecule has 4 nitrogen and oxygen atoms in total. The minimum Gasteiger partial charge on any atom is -0.497 e. The predicted octanol–water partition coefficient (Wildman–Crippen LogP) is 4.91. The van der Waals surface area contributed by atoms with E-state index in [0.29, 0.717) is 6.42 Å². The van der Waals surface area contributed by atoms with Gasteiger partial charge in [0.2, 0.25) is 5.91 Å². The van der Waals surface area contributed by atoms with Gasteiger partial charge in [-0.1, -0.05) is 30.3 Å². The molecular weight excluding hydrogens is 346 g/mol. The van der Waals surface area contributed by atoms with Crippen LogP contribution in [0, 0.1) is 0 Å². The highest BCUT2D eigenvalue weighted by Crippen LogP contribution is 2.48. The standard InChI is InChI=1S/C21H19NO3S/c1-24-14-7-5-6-13(10-14)16-11-19(23)22-20-17(12-26-21(16)20)15-8-3-4-9-18(15)25-2/h3-10,12,16H,11H2,1-2H3,(H,22,23). The van der Waals surface area contributed by atoms with Crippen LogP contribution in [0.5, 0.6) is 11.5 Å². The Kier molecular flexibility index (Phi) is 4.39. The van der Waals surface area contributed by atoms with Crippen molar-refractivity contribution in [3.05, 3.63) is 64.4 Å². The lowest BCUT2D eigenvalue weighted by Gasteiger charge is -2.24. The number of amides is 1. The van der Waals surface area contributed by atoms with Crippen molar-refractivity contribution in [3.8, 4) is 22.6 Å². The second-order valence-electron chi connectivity index (χ2n) is 6.17. The van der Waals surface area contributed by atoms with Crippen LogP contribution in [-0.2, 0) is 4.79 Å². The molecule has 1 atom stereocenters. The molecule has 1 N–H and O–H groups in total. The van der Waals surface area contributed by atoms with Gasteiger partial charge in [0.15, 0.2) is 0 Å². The summed E-state index contributed by atoms with van der Waals surface area (Å²) in [6.07, 6.45) is 0.437. The average molecular weight is 365 g/mol. The van der Waals surface area contributed by atoms with Crippen molar-refractivity contribution in [2.24, 2.45) is 0 Å². The molecule has 26 heavy (non-hydrogen) atoms. The van der Waals surface area contributed by atoms with Crippen molar-refractivity contribution in [2.45, 2.75) is 12.3 Å². The SMILES string of the molecule is COc1cccc(C2CC(=O)Nc3c(-c4ccccc4OC)csc32)c1. The van der Waals surface area contributed by atoms with Gasteiger partial charge in [0.25, 0.3) is 0 Å². The van der Waals surface area contributed by atoms with E-state index < -0.39 is 0 Å². The van der Waals surface area contributed by atoms with Crippen molar-refractivity contribution in [3.63, 3.8) is 0 Å². The number of thiophene rings is 1. The molecule has 1 aromatic heterocycles.